The van der Waals surface area contributed by atoms with Crippen molar-refractivity contribution in [3.05, 3.63) is 47.3 Å². The van der Waals surface area contributed by atoms with E-state index in [2.05, 4.69) is 10.4 Å². The van der Waals surface area contributed by atoms with Crippen molar-refractivity contribution >= 4 is 40.5 Å². The van der Waals surface area contributed by atoms with Gasteiger partial charge in [0.05, 0.1) is 5.69 Å². The Labute approximate surface area is 246 Å². The number of carbonyl (C=O) groups excluding carboxylic acids is 3. The highest BCUT2D eigenvalue weighted by Crippen LogP contribution is 2.41. The third-order valence-electron chi connectivity index (χ3n) is 7.13. The molecular weight excluding hydrogens is 536 g/mol. The molecule has 1 aromatic carbocycles. The molecule has 0 radical (unpaired) electrons. The van der Waals surface area contributed by atoms with Crippen LogP contribution in [-0.4, -0.2) is 80.0 Å². The van der Waals surface area contributed by atoms with Crippen molar-refractivity contribution in [3.63, 3.8) is 0 Å². The van der Waals surface area contributed by atoms with Crippen LogP contribution in [0.3, 0.4) is 0 Å². The molecule has 2 aromatic heterocycles. The van der Waals surface area contributed by atoms with E-state index in [0.29, 0.717) is 43.5 Å². The molecule has 0 atom stereocenters. The van der Waals surface area contributed by atoms with Gasteiger partial charge in [0.15, 0.2) is 5.82 Å². The average molecular weight is 577 g/mol. The molecule has 0 unspecified atom stereocenters. The van der Waals surface area contributed by atoms with Crippen LogP contribution in [0.4, 0.5) is 21.2 Å². The predicted molar refractivity (Wildman–Crippen MR) is 159 cm³/mol. The molecule has 42 heavy (non-hydrogen) atoms. The molecule has 3 heterocycles. The lowest BCUT2D eigenvalue weighted by Crippen LogP contribution is -2.51. The Morgan fingerprint density at radius 3 is 2.02 bits per heavy atom. The number of anilines is 2. The molecule has 1 aliphatic heterocycles. The van der Waals surface area contributed by atoms with E-state index in [1.807, 2.05) is 78.8 Å². The summed E-state index contributed by atoms with van der Waals surface area (Å²) in [6.45, 7) is 14.4. The maximum absolute atomic E-state index is 13.8. The summed E-state index contributed by atoms with van der Waals surface area (Å²) in [5.74, 6) is 0.972. The first-order valence-electron chi connectivity index (χ1n) is 14.5. The highest BCUT2D eigenvalue weighted by atomic mass is 16.6. The van der Waals surface area contributed by atoms with E-state index >= 15 is 0 Å². The molecule has 1 N–H and O–H groups in total. The van der Waals surface area contributed by atoms with Gasteiger partial charge in [0.25, 0.3) is 5.91 Å². The first-order chi connectivity index (χ1) is 19.7. The molecule has 2 amide bonds. The van der Waals surface area contributed by atoms with Gasteiger partial charge in [0.1, 0.15) is 22.7 Å². The number of nitrogens with one attached hydrogen (secondary N) is 1. The van der Waals surface area contributed by atoms with Crippen molar-refractivity contribution in [1.82, 2.24) is 24.6 Å². The second kappa shape index (κ2) is 10.9. The number of piperazine rings is 1. The lowest BCUT2D eigenvalue weighted by atomic mass is 10.0. The van der Waals surface area contributed by atoms with Gasteiger partial charge in [-0.15, -0.1) is 5.10 Å². The number of aryl methyl sites for hydroxylation is 1. The molecular formula is C31H40N6O5. The number of ether oxygens (including phenoxy) is 2. The van der Waals surface area contributed by atoms with Crippen LogP contribution in [0.5, 0.6) is 0 Å². The minimum absolute atomic E-state index is 0.205. The van der Waals surface area contributed by atoms with Crippen LogP contribution in [0.1, 0.15) is 82.0 Å². The van der Waals surface area contributed by atoms with Gasteiger partial charge in [-0.2, -0.15) is 4.68 Å². The van der Waals surface area contributed by atoms with Gasteiger partial charge in [-0.1, -0.05) is 24.3 Å². The Balaban J connectivity index is 1.41. The molecule has 3 aromatic rings. The Hall–Kier alpha value is -4.15. The number of hydrogen-bond donors (Lipinski definition) is 1. The largest absolute Gasteiger partial charge is 0.444 e. The molecule has 2 fully saturated rings. The van der Waals surface area contributed by atoms with Crippen LogP contribution in [0.25, 0.3) is 10.8 Å². The quantitative estimate of drug-likeness (QED) is 0.412. The van der Waals surface area contributed by atoms with Crippen LogP contribution in [0, 0.1) is 6.92 Å². The fourth-order valence-corrected chi connectivity index (χ4v) is 4.97. The van der Waals surface area contributed by atoms with Gasteiger partial charge in [-0.05, 0) is 72.3 Å². The topological polar surface area (TPSA) is 119 Å². The lowest BCUT2D eigenvalue weighted by molar-refractivity contribution is 0.0140. The summed E-state index contributed by atoms with van der Waals surface area (Å²) in [5, 5.41) is 9.55. The summed E-state index contributed by atoms with van der Waals surface area (Å²) in [5.41, 5.74) is 0.661. The summed E-state index contributed by atoms with van der Waals surface area (Å²) in [7, 11) is 0. The maximum Gasteiger partial charge on any atom is 0.435 e. The molecule has 5 rings (SSSR count). The number of pyridine rings is 1. The molecule has 224 valence electrons. The van der Waals surface area contributed by atoms with Crippen molar-refractivity contribution < 1.29 is 23.9 Å². The minimum atomic E-state index is -0.653. The minimum Gasteiger partial charge on any atom is -0.444 e. The van der Waals surface area contributed by atoms with E-state index in [4.69, 9.17) is 14.5 Å². The van der Waals surface area contributed by atoms with E-state index in [1.165, 1.54) is 4.68 Å². The van der Waals surface area contributed by atoms with Crippen molar-refractivity contribution in [1.29, 1.82) is 0 Å². The SMILES string of the molecule is Cc1c(C(=O)N2CCN(C(=O)OC(C)(C)C)CC2)nc(Nc2cc(C3CC3)n(C(=O)OC(C)(C)C)n2)c2ccccc12. The van der Waals surface area contributed by atoms with E-state index in [0.717, 1.165) is 34.9 Å². The van der Waals surface area contributed by atoms with Crippen LogP contribution in [0.15, 0.2) is 30.3 Å². The Morgan fingerprint density at radius 1 is 0.857 bits per heavy atom. The van der Waals surface area contributed by atoms with Gasteiger partial charge >= 0.3 is 12.2 Å². The van der Waals surface area contributed by atoms with E-state index in [-0.39, 0.29) is 17.9 Å². The smallest absolute Gasteiger partial charge is 0.435 e. The standard InChI is InChI=1S/C31H40N6O5/c1-19-21-10-8-9-11-22(21)26(32-24-18-23(20-12-13-20)37(34-24)29(40)42-31(5,6)7)33-25(19)27(38)35-14-16-36(17-15-35)28(39)41-30(2,3)4/h8-11,18,20H,12-17H2,1-7H3,(H,32,33,34). The second-order valence-electron chi connectivity index (χ2n) is 13.0. The third-order valence-corrected chi connectivity index (χ3v) is 7.13. The van der Waals surface area contributed by atoms with Crippen LogP contribution in [-0.2, 0) is 9.47 Å². The molecule has 11 nitrogen and oxygen atoms in total. The number of aromatic nitrogens is 3. The third kappa shape index (κ3) is 6.50. The molecule has 1 saturated heterocycles. The van der Waals surface area contributed by atoms with Gasteiger partial charge in [0, 0.05) is 43.5 Å². The number of benzene rings is 1. The van der Waals surface area contributed by atoms with Crippen LogP contribution >= 0.6 is 0 Å². The molecule has 11 heteroatoms. The van der Waals surface area contributed by atoms with Crippen molar-refractivity contribution in [2.75, 3.05) is 31.5 Å². The Kier molecular flexibility index (Phi) is 7.63. The zero-order chi connectivity index (χ0) is 30.4. The van der Waals surface area contributed by atoms with Gasteiger partial charge in [-0.25, -0.2) is 14.6 Å². The zero-order valence-corrected chi connectivity index (χ0v) is 25.5. The Morgan fingerprint density at radius 2 is 1.43 bits per heavy atom. The van der Waals surface area contributed by atoms with Gasteiger partial charge in [-0.3, -0.25) is 4.79 Å². The molecule has 1 aliphatic carbocycles. The number of hydrogen-bond acceptors (Lipinski definition) is 8. The first kappa shape index (κ1) is 29.3. The first-order valence-corrected chi connectivity index (χ1v) is 14.5. The lowest BCUT2D eigenvalue weighted by Gasteiger charge is -2.35. The van der Waals surface area contributed by atoms with E-state index < -0.39 is 17.3 Å². The predicted octanol–water partition coefficient (Wildman–Crippen LogP) is 5.84. The zero-order valence-electron chi connectivity index (χ0n) is 25.5. The molecule has 1 saturated carbocycles. The summed E-state index contributed by atoms with van der Waals surface area (Å²) in [6.07, 6.45) is 1.07. The number of amides is 2. The highest BCUT2D eigenvalue weighted by Gasteiger charge is 2.33. The van der Waals surface area contributed by atoms with Gasteiger partial charge in [0.2, 0.25) is 0 Å². The maximum atomic E-state index is 13.8. The average Bonchev–Trinajstić information content (AvgIpc) is 3.67. The number of fused-ring (bicyclic) bond motifs is 1. The molecule has 0 bridgehead atoms. The fourth-order valence-electron chi connectivity index (χ4n) is 4.97. The summed E-state index contributed by atoms with van der Waals surface area (Å²) >= 11 is 0. The highest BCUT2D eigenvalue weighted by molar-refractivity contribution is 6.03. The molecule has 2 aliphatic rings. The van der Waals surface area contributed by atoms with E-state index in [1.54, 1.807) is 9.80 Å². The van der Waals surface area contributed by atoms with Crippen LogP contribution < -0.4 is 5.32 Å². The monoisotopic (exact) mass is 576 g/mol. The number of carbonyl (C=O) groups is 3. The Bertz CT molecular complexity index is 1520. The summed E-state index contributed by atoms with van der Waals surface area (Å²) in [4.78, 5) is 47.4. The van der Waals surface area contributed by atoms with Crippen molar-refractivity contribution in [3.8, 4) is 0 Å². The second-order valence-corrected chi connectivity index (χ2v) is 13.0. The van der Waals surface area contributed by atoms with Gasteiger partial charge < -0.3 is 24.6 Å². The van der Waals surface area contributed by atoms with Crippen molar-refractivity contribution in [2.24, 2.45) is 0 Å². The summed E-state index contributed by atoms with van der Waals surface area (Å²) in [6, 6.07) is 9.60. The summed E-state index contributed by atoms with van der Waals surface area (Å²) < 4.78 is 12.4. The normalized spacial score (nSPS) is 16.0. The molecule has 0 spiro atoms. The number of nitrogens with zero attached hydrogens (tertiary/aromatic N) is 5. The van der Waals surface area contributed by atoms with Crippen molar-refractivity contribution in [2.45, 2.75) is 78.4 Å². The van der Waals surface area contributed by atoms with Crippen LogP contribution in [0.2, 0.25) is 0 Å². The fraction of sp³-hybridized carbons (Fsp3) is 0.516. The van der Waals surface area contributed by atoms with E-state index in [9.17, 15) is 14.4 Å². The number of rotatable bonds is 4.